The summed E-state index contributed by atoms with van der Waals surface area (Å²) < 4.78 is 5.64. The zero-order chi connectivity index (χ0) is 15.5. The fraction of sp³-hybridized carbons (Fsp3) is 0.625. The number of nitrogens with one attached hydrogen (secondary N) is 1. The Balaban J connectivity index is 0.00000242. The van der Waals surface area contributed by atoms with Crippen molar-refractivity contribution in [2.45, 2.75) is 45.3 Å². The zero-order valence-corrected chi connectivity index (χ0v) is 15.5. The number of carbonyl (C=O) groups excluding carboxylic acids is 1. The molecule has 2 unspecified atom stereocenters. The van der Waals surface area contributed by atoms with Crippen molar-refractivity contribution in [1.29, 1.82) is 0 Å². The highest BCUT2D eigenvalue weighted by atomic mass is 35.5. The number of nitrogens with two attached hydrogens (primary N) is 1. The van der Waals surface area contributed by atoms with Crippen LogP contribution in [0.25, 0.3) is 0 Å². The van der Waals surface area contributed by atoms with E-state index in [1.807, 2.05) is 39.0 Å². The van der Waals surface area contributed by atoms with Gasteiger partial charge in [0.1, 0.15) is 5.54 Å². The first-order chi connectivity index (χ1) is 9.91. The molecule has 2 atom stereocenters. The van der Waals surface area contributed by atoms with Crippen molar-refractivity contribution >= 4 is 30.7 Å². The van der Waals surface area contributed by atoms with E-state index in [4.69, 9.17) is 10.5 Å². The summed E-state index contributed by atoms with van der Waals surface area (Å²) in [7, 11) is 0. The van der Waals surface area contributed by atoms with Gasteiger partial charge in [-0.05, 0) is 19.1 Å². The molecule has 5 nitrogen and oxygen atoms in total. The molecule has 0 spiro atoms. The molecule has 1 aromatic heterocycles. The third-order valence-electron chi connectivity index (χ3n) is 4.63. The summed E-state index contributed by atoms with van der Waals surface area (Å²) in [5.74, 6) is -0.0978. The molecule has 3 N–H and O–H groups in total. The fourth-order valence-electron chi connectivity index (χ4n) is 2.83. The van der Waals surface area contributed by atoms with Gasteiger partial charge >= 0.3 is 0 Å². The summed E-state index contributed by atoms with van der Waals surface area (Å²) in [4.78, 5) is 16.6. The summed E-state index contributed by atoms with van der Waals surface area (Å²) in [6.45, 7) is 7.14. The second kappa shape index (κ2) is 8.83. The van der Waals surface area contributed by atoms with Gasteiger partial charge in [-0.3, -0.25) is 9.78 Å². The van der Waals surface area contributed by atoms with Crippen LogP contribution in [-0.2, 0) is 16.0 Å². The van der Waals surface area contributed by atoms with Crippen LogP contribution in [0.3, 0.4) is 0 Å². The lowest BCUT2D eigenvalue weighted by Gasteiger charge is -2.57. The number of pyridine rings is 1. The molecule has 7 heteroatoms. The normalized spacial score (nSPS) is 24.6. The number of ether oxygens (including phenoxy) is 1. The first-order valence-electron chi connectivity index (χ1n) is 7.50. The van der Waals surface area contributed by atoms with E-state index < -0.39 is 5.54 Å². The number of hydrogen-bond donors (Lipinski definition) is 2. The van der Waals surface area contributed by atoms with Crippen LogP contribution in [0, 0.1) is 5.41 Å². The largest absolute Gasteiger partial charge is 0.378 e. The molecular weight excluding hydrogens is 337 g/mol. The van der Waals surface area contributed by atoms with Crippen LogP contribution in [-0.4, -0.2) is 35.7 Å². The zero-order valence-electron chi connectivity index (χ0n) is 13.9. The van der Waals surface area contributed by atoms with Crippen molar-refractivity contribution in [2.75, 3.05) is 13.2 Å². The number of amides is 1. The number of aromatic nitrogens is 1. The Kier molecular flexibility index (Phi) is 8.49. The SMILES string of the molecule is CCOC1CC(N)(C(=O)NCCc2ccccn2)C1(C)C.Cl.Cl. The standard InChI is InChI=1S/C16H25N3O2.2ClH/c1-4-21-13-11-16(17,15(13,2)3)14(20)19-10-8-12-7-5-6-9-18-12;;/h5-7,9,13H,4,8,10-11,17H2,1-3H3,(H,19,20);2*1H. The maximum Gasteiger partial charge on any atom is 0.240 e. The van der Waals surface area contributed by atoms with E-state index >= 15 is 0 Å². The Morgan fingerprint density at radius 3 is 2.65 bits per heavy atom. The predicted octanol–water partition coefficient (Wildman–Crippen LogP) is 2.12. The number of nitrogens with zero attached hydrogens (tertiary/aromatic N) is 1. The second-order valence-corrected chi connectivity index (χ2v) is 6.17. The average Bonchev–Trinajstić information content (AvgIpc) is 2.47. The van der Waals surface area contributed by atoms with Gasteiger partial charge < -0.3 is 15.8 Å². The molecule has 1 fully saturated rings. The minimum absolute atomic E-state index is 0. The first-order valence-corrected chi connectivity index (χ1v) is 7.50. The van der Waals surface area contributed by atoms with E-state index in [2.05, 4.69) is 10.3 Å². The third-order valence-corrected chi connectivity index (χ3v) is 4.63. The quantitative estimate of drug-likeness (QED) is 0.811. The van der Waals surface area contributed by atoms with E-state index in [9.17, 15) is 4.79 Å². The Bertz CT molecular complexity index is 499. The van der Waals surface area contributed by atoms with Crippen molar-refractivity contribution in [2.24, 2.45) is 11.1 Å². The van der Waals surface area contributed by atoms with Crippen LogP contribution in [0.5, 0.6) is 0 Å². The predicted molar refractivity (Wildman–Crippen MR) is 96.2 cm³/mol. The molecule has 0 bridgehead atoms. The summed E-state index contributed by atoms with van der Waals surface area (Å²) in [6, 6.07) is 5.76. The summed E-state index contributed by atoms with van der Waals surface area (Å²) in [5, 5.41) is 2.93. The van der Waals surface area contributed by atoms with Crippen molar-refractivity contribution in [3.8, 4) is 0 Å². The van der Waals surface area contributed by atoms with E-state index in [1.54, 1.807) is 6.20 Å². The summed E-state index contributed by atoms with van der Waals surface area (Å²) in [5.41, 5.74) is 6.08. The number of hydrogen-bond acceptors (Lipinski definition) is 4. The molecule has 132 valence electrons. The summed E-state index contributed by atoms with van der Waals surface area (Å²) >= 11 is 0. The molecule has 23 heavy (non-hydrogen) atoms. The minimum atomic E-state index is -0.850. The molecule has 1 aliphatic carbocycles. The van der Waals surface area contributed by atoms with Gasteiger partial charge in [0.15, 0.2) is 0 Å². The summed E-state index contributed by atoms with van der Waals surface area (Å²) in [6.07, 6.45) is 3.08. The van der Waals surface area contributed by atoms with E-state index in [0.29, 0.717) is 26.0 Å². The van der Waals surface area contributed by atoms with Crippen LogP contribution >= 0.6 is 24.8 Å². The number of halogens is 2. The van der Waals surface area contributed by atoms with Crippen molar-refractivity contribution in [1.82, 2.24) is 10.3 Å². The van der Waals surface area contributed by atoms with Crippen LogP contribution in [0.15, 0.2) is 24.4 Å². The van der Waals surface area contributed by atoms with Crippen molar-refractivity contribution in [3.05, 3.63) is 30.1 Å². The molecule has 0 aromatic carbocycles. The highest BCUT2D eigenvalue weighted by Gasteiger charge is 2.62. The average molecular weight is 364 g/mol. The van der Waals surface area contributed by atoms with E-state index in [-0.39, 0.29) is 42.2 Å². The van der Waals surface area contributed by atoms with Gasteiger partial charge in [0.05, 0.1) is 6.10 Å². The number of carbonyl (C=O) groups is 1. The van der Waals surface area contributed by atoms with Crippen molar-refractivity contribution in [3.63, 3.8) is 0 Å². The monoisotopic (exact) mass is 363 g/mol. The highest BCUT2D eigenvalue weighted by Crippen LogP contribution is 2.49. The maximum absolute atomic E-state index is 12.4. The van der Waals surface area contributed by atoms with E-state index in [0.717, 1.165) is 5.69 Å². The molecule has 0 radical (unpaired) electrons. The topological polar surface area (TPSA) is 77.2 Å². The Labute approximate surface area is 150 Å². The molecule has 1 aliphatic rings. The van der Waals surface area contributed by atoms with Crippen LogP contribution in [0.2, 0.25) is 0 Å². The number of rotatable bonds is 6. The minimum Gasteiger partial charge on any atom is -0.378 e. The van der Waals surface area contributed by atoms with Crippen molar-refractivity contribution < 1.29 is 9.53 Å². The lowest BCUT2D eigenvalue weighted by Crippen LogP contribution is -2.75. The van der Waals surface area contributed by atoms with Gasteiger partial charge in [-0.15, -0.1) is 24.8 Å². The molecule has 1 aromatic rings. The molecule has 0 saturated heterocycles. The molecular formula is C16H27Cl2N3O2. The smallest absolute Gasteiger partial charge is 0.240 e. The van der Waals surface area contributed by atoms with Crippen LogP contribution in [0.4, 0.5) is 0 Å². The van der Waals surface area contributed by atoms with Gasteiger partial charge in [0.2, 0.25) is 5.91 Å². The Morgan fingerprint density at radius 1 is 1.43 bits per heavy atom. The highest BCUT2D eigenvalue weighted by molar-refractivity contribution is 5.88. The lowest BCUT2D eigenvalue weighted by molar-refractivity contribution is -0.170. The van der Waals surface area contributed by atoms with Crippen LogP contribution in [0.1, 0.15) is 32.9 Å². The van der Waals surface area contributed by atoms with Crippen LogP contribution < -0.4 is 11.1 Å². The Morgan fingerprint density at radius 2 is 2.13 bits per heavy atom. The van der Waals surface area contributed by atoms with Gasteiger partial charge in [-0.1, -0.05) is 19.9 Å². The van der Waals surface area contributed by atoms with Gasteiger partial charge in [-0.2, -0.15) is 0 Å². The maximum atomic E-state index is 12.4. The van der Waals surface area contributed by atoms with E-state index in [1.165, 1.54) is 0 Å². The molecule has 0 aliphatic heterocycles. The Hall–Kier alpha value is -0.880. The van der Waals surface area contributed by atoms with Gasteiger partial charge in [0.25, 0.3) is 0 Å². The third kappa shape index (κ3) is 4.35. The molecule has 1 saturated carbocycles. The molecule has 1 amide bonds. The fourth-order valence-corrected chi connectivity index (χ4v) is 2.83. The molecule has 1 heterocycles. The second-order valence-electron chi connectivity index (χ2n) is 6.17. The van der Waals surface area contributed by atoms with Gasteiger partial charge in [0, 0.05) is 43.3 Å². The van der Waals surface area contributed by atoms with Gasteiger partial charge in [-0.25, -0.2) is 0 Å². The first kappa shape index (κ1) is 22.1. The lowest BCUT2D eigenvalue weighted by atomic mass is 9.54. The molecule has 2 rings (SSSR count).